The van der Waals surface area contributed by atoms with E-state index in [-0.39, 0.29) is 12.5 Å². The summed E-state index contributed by atoms with van der Waals surface area (Å²) in [6.07, 6.45) is 3.58. The van der Waals surface area contributed by atoms with E-state index in [1.807, 2.05) is 0 Å². The zero-order chi connectivity index (χ0) is 10.1. The first-order valence-electron chi connectivity index (χ1n) is 4.85. The first-order valence-corrected chi connectivity index (χ1v) is 4.85. The second-order valence-electron chi connectivity index (χ2n) is 3.27. The van der Waals surface area contributed by atoms with Crippen LogP contribution in [0.3, 0.4) is 0 Å². The maximum absolute atomic E-state index is 10.2. The van der Waals surface area contributed by atoms with E-state index in [2.05, 4.69) is 12.2 Å². The van der Waals surface area contributed by atoms with Crippen molar-refractivity contribution in [2.75, 3.05) is 13.1 Å². The summed E-state index contributed by atoms with van der Waals surface area (Å²) in [6, 6.07) is -0.265. The van der Waals surface area contributed by atoms with E-state index in [0.717, 1.165) is 13.0 Å². The van der Waals surface area contributed by atoms with Gasteiger partial charge in [0.2, 0.25) is 0 Å². The molecule has 0 aliphatic rings. The van der Waals surface area contributed by atoms with E-state index in [1.54, 1.807) is 0 Å². The lowest BCUT2D eigenvalue weighted by Crippen LogP contribution is -2.36. The molecule has 0 radical (unpaired) electrons. The van der Waals surface area contributed by atoms with Gasteiger partial charge in [-0.2, -0.15) is 0 Å². The molecule has 0 spiro atoms. The SMILES string of the molecule is CCCCCNCC(N)CC(=O)O. The minimum Gasteiger partial charge on any atom is -0.481 e. The number of carboxylic acids is 1. The van der Waals surface area contributed by atoms with E-state index >= 15 is 0 Å². The lowest BCUT2D eigenvalue weighted by Gasteiger charge is -2.09. The van der Waals surface area contributed by atoms with Gasteiger partial charge in [-0.15, -0.1) is 0 Å². The maximum Gasteiger partial charge on any atom is 0.304 e. The van der Waals surface area contributed by atoms with Crippen molar-refractivity contribution in [2.24, 2.45) is 5.73 Å². The van der Waals surface area contributed by atoms with Gasteiger partial charge in [0.1, 0.15) is 0 Å². The molecule has 0 rings (SSSR count). The number of aliphatic carboxylic acids is 1. The van der Waals surface area contributed by atoms with E-state index in [4.69, 9.17) is 10.8 Å². The number of nitrogens with one attached hydrogen (secondary N) is 1. The lowest BCUT2D eigenvalue weighted by molar-refractivity contribution is -0.137. The van der Waals surface area contributed by atoms with Gasteiger partial charge in [-0.1, -0.05) is 19.8 Å². The Kier molecular flexibility index (Phi) is 7.63. The average Bonchev–Trinajstić information content (AvgIpc) is 2.02. The predicted molar refractivity (Wildman–Crippen MR) is 52.6 cm³/mol. The number of nitrogens with two attached hydrogens (primary N) is 1. The van der Waals surface area contributed by atoms with Crippen molar-refractivity contribution in [1.29, 1.82) is 0 Å². The van der Waals surface area contributed by atoms with Gasteiger partial charge in [0, 0.05) is 12.6 Å². The van der Waals surface area contributed by atoms with Gasteiger partial charge in [0.25, 0.3) is 0 Å². The topological polar surface area (TPSA) is 75.3 Å². The number of hydrogen-bond acceptors (Lipinski definition) is 3. The van der Waals surface area contributed by atoms with Gasteiger partial charge < -0.3 is 16.2 Å². The standard InChI is InChI=1S/C9H20N2O2/c1-2-3-4-5-11-7-8(10)6-9(12)13/h8,11H,2-7,10H2,1H3,(H,12,13). The third-order valence-corrected chi connectivity index (χ3v) is 1.80. The predicted octanol–water partition coefficient (Wildman–Crippen LogP) is 0.568. The summed E-state index contributed by atoms with van der Waals surface area (Å²) in [5, 5.41) is 11.6. The summed E-state index contributed by atoms with van der Waals surface area (Å²) in [5.74, 6) is -0.831. The molecule has 0 bridgehead atoms. The van der Waals surface area contributed by atoms with Crippen LogP contribution in [-0.2, 0) is 4.79 Å². The molecule has 0 aromatic rings. The van der Waals surface area contributed by atoms with E-state index in [0.29, 0.717) is 6.54 Å². The van der Waals surface area contributed by atoms with Crippen molar-refractivity contribution in [1.82, 2.24) is 5.32 Å². The van der Waals surface area contributed by atoms with Crippen LogP contribution in [0.4, 0.5) is 0 Å². The quantitative estimate of drug-likeness (QED) is 0.487. The first-order chi connectivity index (χ1) is 6.16. The Balaban J connectivity index is 3.17. The molecular weight excluding hydrogens is 168 g/mol. The smallest absolute Gasteiger partial charge is 0.304 e. The van der Waals surface area contributed by atoms with Crippen molar-refractivity contribution < 1.29 is 9.90 Å². The number of carbonyl (C=O) groups is 1. The van der Waals surface area contributed by atoms with Crippen LogP contribution >= 0.6 is 0 Å². The molecule has 13 heavy (non-hydrogen) atoms. The number of unbranched alkanes of at least 4 members (excludes halogenated alkanes) is 2. The van der Waals surface area contributed by atoms with Crippen LogP contribution in [0, 0.1) is 0 Å². The van der Waals surface area contributed by atoms with Crippen LogP contribution < -0.4 is 11.1 Å². The van der Waals surface area contributed by atoms with Crippen LogP contribution in [0.15, 0.2) is 0 Å². The van der Waals surface area contributed by atoms with Gasteiger partial charge in [-0.3, -0.25) is 4.79 Å². The summed E-state index contributed by atoms with van der Waals surface area (Å²) in [6.45, 7) is 3.67. The van der Waals surface area contributed by atoms with Crippen molar-refractivity contribution >= 4 is 5.97 Å². The summed E-state index contributed by atoms with van der Waals surface area (Å²) < 4.78 is 0. The molecule has 4 nitrogen and oxygen atoms in total. The summed E-state index contributed by atoms with van der Waals surface area (Å²) in [5.41, 5.74) is 5.55. The Morgan fingerprint density at radius 3 is 2.77 bits per heavy atom. The summed E-state index contributed by atoms with van der Waals surface area (Å²) in [7, 11) is 0. The van der Waals surface area contributed by atoms with E-state index in [9.17, 15) is 4.79 Å². The van der Waals surface area contributed by atoms with Crippen LogP contribution in [0.1, 0.15) is 32.6 Å². The van der Waals surface area contributed by atoms with Crippen LogP contribution in [-0.4, -0.2) is 30.2 Å². The van der Waals surface area contributed by atoms with Crippen molar-refractivity contribution in [3.63, 3.8) is 0 Å². The van der Waals surface area contributed by atoms with Crippen molar-refractivity contribution in [3.05, 3.63) is 0 Å². The molecule has 0 aliphatic heterocycles. The Labute approximate surface area is 79.5 Å². The molecular formula is C9H20N2O2. The molecule has 0 saturated heterocycles. The Morgan fingerprint density at radius 1 is 1.54 bits per heavy atom. The summed E-state index contributed by atoms with van der Waals surface area (Å²) in [4.78, 5) is 10.2. The molecule has 78 valence electrons. The molecule has 1 unspecified atom stereocenters. The molecule has 0 fully saturated rings. The van der Waals surface area contributed by atoms with Crippen LogP contribution in [0.5, 0.6) is 0 Å². The molecule has 0 heterocycles. The largest absolute Gasteiger partial charge is 0.481 e. The zero-order valence-corrected chi connectivity index (χ0v) is 8.25. The maximum atomic E-state index is 10.2. The van der Waals surface area contributed by atoms with E-state index < -0.39 is 5.97 Å². The highest BCUT2D eigenvalue weighted by molar-refractivity contribution is 5.67. The Bertz CT molecular complexity index is 140. The van der Waals surface area contributed by atoms with Crippen molar-refractivity contribution in [3.8, 4) is 0 Å². The minimum absolute atomic E-state index is 0.0424. The third-order valence-electron chi connectivity index (χ3n) is 1.80. The summed E-state index contributed by atoms with van der Waals surface area (Å²) >= 11 is 0. The highest BCUT2D eigenvalue weighted by atomic mass is 16.4. The number of hydrogen-bond donors (Lipinski definition) is 3. The molecule has 0 amide bonds. The second-order valence-corrected chi connectivity index (χ2v) is 3.27. The average molecular weight is 188 g/mol. The van der Waals surface area contributed by atoms with E-state index in [1.165, 1.54) is 12.8 Å². The highest BCUT2D eigenvalue weighted by Gasteiger charge is 2.06. The fraction of sp³-hybridized carbons (Fsp3) is 0.889. The third kappa shape index (κ3) is 9.30. The van der Waals surface area contributed by atoms with Crippen LogP contribution in [0.25, 0.3) is 0 Å². The fourth-order valence-corrected chi connectivity index (χ4v) is 1.08. The zero-order valence-electron chi connectivity index (χ0n) is 8.25. The first kappa shape index (κ1) is 12.4. The molecule has 0 saturated carbocycles. The Hall–Kier alpha value is -0.610. The van der Waals surface area contributed by atoms with Gasteiger partial charge >= 0.3 is 5.97 Å². The molecule has 0 aromatic carbocycles. The highest BCUT2D eigenvalue weighted by Crippen LogP contribution is 1.91. The number of rotatable bonds is 8. The van der Waals surface area contributed by atoms with Gasteiger partial charge in [-0.25, -0.2) is 0 Å². The molecule has 1 atom stereocenters. The number of carboxylic acid groups (broad SMARTS) is 1. The molecule has 0 aromatic heterocycles. The fourth-order valence-electron chi connectivity index (χ4n) is 1.08. The molecule has 0 aliphatic carbocycles. The van der Waals surface area contributed by atoms with Gasteiger partial charge in [0.05, 0.1) is 6.42 Å². The molecule has 4 N–H and O–H groups in total. The Morgan fingerprint density at radius 2 is 2.23 bits per heavy atom. The molecule has 4 heteroatoms. The lowest BCUT2D eigenvalue weighted by atomic mass is 10.2. The van der Waals surface area contributed by atoms with Crippen LogP contribution in [0.2, 0.25) is 0 Å². The normalized spacial score (nSPS) is 12.8. The van der Waals surface area contributed by atoms with Gasteiger partial charge in [0.15, 0.2) is 0 Å². The second kappa shape index (κ2) is 8.01. The van der Waals surface area contributed by atoms with Crippen molar-refractivity contribution in [2.45, 2.75) is 38.6 Å². The minimum atomic E-state index is -0.831. The monoisotopic (exact) mass is 188 g/mol. The van der Waals surface area contributed by atoms with Gasteiger partial charge in [-0.05, 0) is 13.0 Å².